The molecule has 0 aromatic heterocycles. The summed E-state index contributed by atoms with van der Waals surface area (Å²) in [6.45, 7) is 0. The third-order valence-corrected chi connectivity index (χ3v) is 6.63. The molecule has 0 fully saturated rings. The molecule has 0 bridgehead atoms. The van der Waals surface area contributed by atoms with Gasteiger partial charge in [-0.15, -0.1) is 0 Å². The van der Waals surface area contributed by atoms with Gasteiger partial charge in [0.05, 0.1) is 33.8 Å². The van der Waals surface area contributed by atoms with E-state index in [1.54, 1.807) is 72.8 Å². The standard InChI is InChI=1S/3C13H11NO2.Sm/c3*15-13(16)11-8-4-5-9-12(11)14-10-6-2-1-3-7-10;/h3*1-9,14H,(H,15,16);. The van der Waals surface area contributed by atoms with Gasteiger partial charge in [-0.25, -0.2) is 14.4 Å². The van der Waals surface area contributed by atoms with Crippen LogP contribution in [-0.2, 0) is 0 Å². The van der Waals surface area contributed by atoms with Crippen molar-refractivity contribution in [2.45, 2.75) is 0 Å². The van der Waals surface area contributed by atoms with Gasteiger partial charge >= 0.3 is 17.9 Å². The van der Waals surface area contributed by atoms with Crippen LogP contribution in [0.1, 0.15) is 31.1 Å². The van der Waals surface area contributed by atoms with E-state index in [0.29, 0.717) is 17.1 Å². The normalized spacial score (nSPS) is 9.55. The Morgan fingerprint density at radius 3 is 0.755 bits per heavy atom. The van der Waals surface area contributed by atoms with Crippen LogP contribution < -0.4 is 16.0 Å². The molecule has 0 saturated heterocycles. The Hall–Kier alpha value is -5.53. The van der Waals surface area contributed by atoms with Gasteiger partial charge in [-0.3, -0.25) is 0 Å². The number of aromatic carboxylic acids is 3. The van der Waals surface area contributed by atoms with Crippen molar-refractivity contribution < 1.29 is 70.1 Å². The molecular weight excluding hydrogens is 757 g/mol. The quantitative estimate of drug-likeness (QED) is 0.0843. The van der Waals surface area contributed by atoms with Crippen LogP contribution >= 0.6 is 0 Å². The molecule has 246 valence electrons. The number of anilines is 6. The third-order valence-electron chi connectivity index (χ3n) is 6.63. The zero-order valence-corrected chi connectivity index (χ0v) is 28.7. The van der Waals surface area contributed by atoms with Crippen molar-refractivity contribution in [2.75, 3.05) is 16.0 Å². The number of rotatable bonds is 9. The predicted octanol–water partition coefficient (Wildman–Crippen LogP) is 9.39. The molecule has 0 aliphatic heterocycles. The maximum atomic E-state index is 11.0. The molecular formula is C39H33N3O6Sm. The summed E-state index contributed by atoms with van der Waals surface area (Å²) < 4.78 is 0. The van der Waals surface area contributed by atoms with Gasteiger partial charge in [0.15, 0.2) is 0 Å². The van der Waals surface area contributed by atoms with Crippen LogP contribution in [0.4, 0.5) is 34.1 Å². The Balaban J connectivity index is 0.000000197. The van der Waals surface area contributed by atoms with E-state index in [0.717, 1.165) is 17.1 Å². The van der Waals surface area contributed by atoms with E-state index in [9.17, 15) is 14.4 Å². The number of para-hydroxylation sites is 6. The Labute approximate surface area is 316 Å². The summed E-state index contributed by atoms with van der Waals surface area (Å²) in [4.78, 5) is 32.9. The van der Waals surface area contributed by atoms with Gasteiger partial charge in [0.1, 0.15) is 0 Å². The van der Waals surface area contributed by atoms with E-state index in [2.05, 4.69) is 16.0 Å². The molecule has 9 nitrogen and oxygen atoms in total. The van der Waals surface area contributed by atoms with Crippen molar-refractivity contribution in [1.29, 1.82) is 0 Å². The molecule has 0 aliphatic rings. The van der Waals surface area contributed by atoms with Crippen molar-refractivity contribution in [1.82, 2.24) is 0 Å². The average Bonchev–Trinajstić information content (AvgIpc) is 3.11. The summed E-state index contributed by atoms with van der Waals surface area (Å²) in [5.74, 6) is -2.79. The zero-order chi connectivity index (χ0) is 34.1. The number of benzene rings is 6. The van der Waals surface area contributed by atoms with Gasteiger partial charge in [0.2, 0.25) is 0 Å². The second kappa shape index (κ2) is 20.0. The van der Waals surface area contributed by atoms with Crippen molar-refractivity contribution >= 4 is 52.0 Å². The topological polar surface area (TPSA) is 148 Å². The SMILES string of the molecule is O=C(O)c1ccccc1Nc1ccccc1.O=C(O)c1ccccc1Nc1ccccc1.O=C(O)c1ccccc1Nc1ccccc1.[Sm]. The van der Waals surface area contributed by atoms with Gasteiger partial charge in [0, 0.05) is 57.5 Å². The first-order valence-corrected chi connectivity index (χ1v) is 14.7. The second-order valence-corrected chi connectivity index (χ2v) is 10.0. The molecule has 49 heavy (non-hydrogen) atoms. The fourth-order valence-electron chi connectivity index (χ4n) is 4.37. The van der Waals surface area contributed by atoms with Crippen LogP contribution in [0.15, 0.2) is 164 Å². The van der Waals surface area contributed by atoms with E-state index in [4.69, 9.17) is 15.3 Å². The van der Waals surface area contributed by atoms with Crippen LogP contribution in [0.25, 0.3) is 0 Å². The minimum Gasteiger partial charge on any atom is -0.478 e. The van der Waals surface area contributed by atoms with Gasteiger partial charge in [-0.2, -0.15) is 0 Å². The summed E-state index contributed by atoms with van der Waals surface area (Å²) in [5, 5.41) is 36.2. The maximum Gasteiger partial charge on any atom is 0.337 e. The number of carboxylic acids is 3. The first-order chi connectivity index (χ1) is 23.3. The van der Waals surface area contributed by atoms with Crippen molar-refractivity contribution in [2.24, 2.45) is 0 Å². The molecule has 0 aliphatic carbocycles. The van der Waals surface area contributed by atoms with Crippen molar-refractivity contribution in [3.05, 3.63) is 180 Å². The van der Waals surface area contributed by atoms with E-state index < -0.39 is 17.9 Å². The van der Waals surface area contributed by atoms with Gasteiger partial charge < -0.3 is 31.3 Å². The molecule has 0 heterocycles. The van der Waals surface area contributed by atoms with Crippen LogP contribution in [0.2, 0.25) is 0 Å². The Morgan fingerprint density at radius 1 is 0.327 bits per heavy atom. The van der Waals surface area contributed by atoms with Crippen LogP contribution in [0, 0.1) is 40.4 Å². The third kappa shape index (κ3) is 12.2. The molecule has 0 atom stereocenters. The first kappa shape index (κ1) is 37.9. The first-order valence-electron chi connectivity index (χ1n) is 14.7. The summed E-state index contributed by atoms with van der Waals surface area (Å²) in [7, 11) is 0. The average molecular weight is 790 g/mol. The van der Waals surface area contributed by atoms with Crippen molar-refractivity contribution in [3.8, 4) is 0 Å². The molecule has 10 heteroatoms. The molecule has 0 radical (unpaired) electrons. The smallest absolute Gasteiger partial charge is 0.337 e. The van der Waals surface area contributed by atoms with E-state index in [1.165, 1.54) is 0 Å². The summed E-state index contributed by atoms with van der Waals surface area (Å²) >= 11 is 0. The summed E-state index contributed by atoms with van der Waals surface area (Å²) in [5.41, 5.74) is 5.22. The number of carbonyl (C=O) groups is 3. The number of hydrogen-bond donors (Lipinski definition) is 6. The molecule has 0 saturated carbocycles. The summed E-state index contributed by atoms with van der Waals surface area (Å²) in [6.07, 6.45) is 0. The Kier molecular flexibility index (Phi) is 15.5. The molecule has 0 unspecified atom stereocenters. The van der Waals surface area contributed by atoms with Gasteiger partial charge in [-0.05, 0) is 72.8 Å². The Bertz CT molecular complexity index is 1720. The van der Waals surface area contributed by atoms with E-state index in [1.807, 2.05) is 91.0 Å². The van der Waals surface area contributed by atoms with Crippen LogP contribution in [-0.4, -0.2) is 33.2 Å². The van der Waals surface area contributed by atoms with Crippen LogP contribution in [0.3, 0.4) is 0 Å². The van der Waals surface area contributed by atoms with E-state index in [-0.39, 0.29) is 57.1 Å². The minimum absolute atomic E-state index is 0. The second-order valence-electron chi connectivity index (χ2n) is 10.0. The number of hydrogen-bond acceptors (Lipinski definition) is 6. The molecule has 6 aromatic rings. The monoisotopic (exact) mass is 791 g/mol. The Morgan fingerprint density at radius 2 is 0.531 bits per heavy atom. The van der Waals surface area contributed by atoms with E-state index >= 15 is 0 Å². The fourth-order valence-corrected chi connectivity index (χ4v) is 4.37. The maximum absolute atomic E-state index is 11.0. The van der Waals surface area contributed by atoms with Crippen LogP contribution in [0.5, 0.6) is 0 Å². The molecule has 0 spiro atoms. The largest absolute Gasteiger partial charge is 0.478 e. The van der Waals surface area contributed by atoms with Crippen molar-refractivity contribution in [3.63, 3.8) is 0 Å². The molecule has 6 N–H and O–H groups in total. The summed E-state index contributed by atoms with van der Waals surface area (Å²) in [6, 6.07) is 48.9. The van der Waals surface area contributed by atoms with Gasteiger partial charge in [0.25, 0.3) is 0 Å². The molecule has 6 rings (SSSR count). The molecule has 0 amide bonds. The number of carboxylic acid groups (broad SMARTS) is 3. The predicted molar refractivity (Wildman–Crippen MR) is 189 cm³/mol. The molecule has 6 aromatic carbocycles. The number of nitrogens with one attached hydrogen (secondary N) is 3. The minimum atomic E-state index is -0.931. The zero-order valence-electron chi connectivity index (χ0n) is 26.1. The fraction of sp³-hybridized carbons (Fsp3) is 0. The van der Waals surface area contributed by atoms with Gasteiger partial charge in [-0.1, -0.05) is 91.0 Å².